The molecule has 0 spiro atoms. The van der Waals surface area contributed by atoms with Crippen molar-refractivity contribution in [2.45, 2.75) is 18.7 Å². The normalized spacial score (nSPS) is 11.2. The first kappa shape index (κ1) is 19.5. The SMILES string of the molecule is Cc1cc(S(N)(=O)=O)cc(NC(=O)COc2cccc(Cl)c2Cl)c1C. The topological polar surface area (TPSA) is 98.5 Å². The van der Waals surface area contributed by atoms with E-state index in [1.54, 1.807) is 32.0 Å². The van der Waals surface area contributed by atoms with Crippen molar-refractivity contribution in [2.75, 3.05) is 11.9 Å². The Morgan fingerprint density at radius 1 is 1.24 bits per heavy atom. The Kier molecular flexibility index (Phi) is 5.95. The van der Waals surface area contributed by atoms with Gasteiger partial charge >= 0.3 is 0 Å². The number of ether oxygens (including phenoxy) is 1. The van der Waals surface area contributed by atoms with Crippen molar-refractivity contribution in [1.29, 1.82) is 0 Å². The molecule has 0 fully saturated rings. The van der Waals surface area contributed by atoms with Crippen molar-refractivity contribution in [3.05, 3.63) is 51.5 Å². The van der Waals surface area contributed by atoms with Gasteiger partial charge in [0.15, 0.2) is 6.61 Å². The number of aryl methyl sites for hydroxylation is 1. The van der Waals surface area contributed by atoms with E-state index < -0.39 is 15.9 Å². The highest BCUT2D eigenvalue weighted by Crippen LogP contribution is 2.31. The van der Waals surface area contributed by atoms with Crippen molar-refractivity contribution in [2.24, 2.45) is 5.14 Å². The van der Waals surface area contributed by atoms with E-state index in [0.717, 1.165) is 5.56 Å². The maximum absolute atomic E-state index is 12.1. The van der Waals surface area contributed by atoms with E-state index in [0.29, 0.717) is 16.3 Å². The number of carbonyl (C=O) groups excluding carboxylic acids is 1. The number of nitrogens with two attached hydrogens (primary N) is 1. The van der Waals surface area contributed by atoms with Crippen molar-refractivity contribution >= 4 is 44.8 Å². The number of nitrogens with one attached hydrogen (secondary N) is 1. The number of anilines is 1. The Hall–Kier alpha value is -1.80. The largest absolute Gasteiger partial charge is 0.482 e. The maximum atomic E-state index is 12.1. The van der Waals surface area contributed by atoms with Crippen molar-refractivity contribution < 1.29 is 17.9 Å². The molecule has 1 amide bonds. The summed E-state index contributed by atoms with van der Waals surface area (Å²) >= 11 is 11.9. The summed E-state index contributed by atoms with van der Waals surface area (Å²) in [6.07, 6.45) is 0. The fraction of sp³-hybridized carbons (Fsp3) is 0.188. The van der Waals surface area contributed by atoms with Gasteiger partial charge in [-0.3, -0.25) is 4.79 Å². The highest BCUT2D eigenvalue weighted by atomic mass is 35.5. The quantitative estimate of drug-likeness (QED) is 0.801. The van der Waals surface area contributed by atoms with Crippen LogP contribution < -0.4 is 15.2 Å². The van der Waals surface area contributed by atoms with Gasteiger partial charge in [-0.2, -0.15) is 0 Å². The molecule has 0 aromatic heterocycles. The van der Waals surface area contributed by atoms with Gasteiger partial charge < -0.3 is 10.1 Å². The van der Waals surface area contributed by atoms with Gasteiger partial charge in [-0.25, -0.2) is 13.6 Å². The second-order valence-electron chi connectivity index (χ2n) is 5.35. The first-order valence-electron chi connectivity index (χ1n) is 7.10. The number of benzene rings is 2. The number of amides is 1. The van der Waals surface area contributed by atoms with Gasteiger partial charge in [0.2, 0.25) is 10.0 Å². The smallest absolute Gasteiger partial charge is 0.262 e. The van der Waals surface area contributed by atoms with E-state index in [2.05, 4.69) is 5.32 Å². The number of sulfonamides is 1. The lowest BCUT2D eigenvalue weighted by Crippen LogP contribution is -2.21. The lowest BCUT2D eigenvalue weighted by molar-refractivity contribution is -0.118. The molecule has 2 rings (SSSR count). The van der Waals surface area contributed by atoms with Crippen LogP contribution >= 0.6 is 23.2 Å². The molecule has 0 radical (unpaired) electrons. The fourth-order valence-corrected chi connectivity index (χ4v) is 3.01. The van der Waals surface area contributed by atoms with E-state index in [1.807, 2.05) is 0 Å². The summed E-state index contributed by atoms with van der Waals surface area (Å²) in [6.45, 7) is 3.16. The van der Waals surface area contributed by atoms with Crippen LogP contribution in [0.15, 0.2) is 35.2 Å². The van der Waals surface area contributed by atoms with Crippen LogP contribution in [0.1, 0.15) is 11.1 Å². The third-order valence-corrected chi connectivity index (χ3v) is 5.21. The number of carbonyl (C=O) groups is 1. The van der Waals surface area contributed by atoms with Crippen LogP contribution in [0.25, 0.3) is 0 Å². The molecule has 0 heterocycles. The van der Waals surface area contributed by atoms with Gasteiger partial charge in [0.05, 0.1) is 9.92 Å². The number of halogens is 2. The van der Waals surface area contributed by atoms with E-state index in [4.69, 9.17) is 33.1 Å². The van der Waals surface area contributed by atoms with Crippen LogP contribution in [0.4, 0.5) is 5.69 Å². The molecular formula is C16H16Cl2N2O4S. The third kappa shape index (κ3) is 4.85. The standard InChI is InChI=1S/C16H16Cl2N2O4S/c1-9-6-11(25(19,22)23)7-13(10(9)2)20-15(21)8-24-14-5-3-4-12(17)16(14)18/h3-7H,8H2,1-2H3,(H,20,21)(H2,19,22,23). The zero-order valence-corrected chi connectivity index (χ0v) is 15.8. The zero-order chi connectivity index (χ0) is 18.8. The molecule has 2 aromatic rings. The first-order chi connectivity index (χ1) is 11.6. The van der Waals surface area contributed by atoms with E-state index in [-0.39, 0.29) is 22.3 Å². The van der Waals surface area contributed by atoms with Gasteiger partial charge in [0.25, 0.3) is 5.91 Å². The van der Waals surface area contributed by atoms with Crippen LogP contribution in [0.2, 0.25) is 10.0 Å². The van der Waals surface area contributed by atoms with E-state index in [9.17, 15) is 13.2 Å². The minimum Gasteiger partial charge on any atom is -0.482 e. The maximum Gasteiger partial charge on any atom is 0.262 e. The van der Waals surface area contributed by atoms with E-state index >= 15 is 0 Å². The molecule has 0 saturated heterocycles. The first-order valence-corrected chi connectivity index (χ1v) is 9.40. The minimum absolute atomic E-state index is 0.0790. The Morgan fingerprint density at radius 3 is 2.56 bits per heavy atom. The number of hydrogen-bond acceptors (Lipinski definition) is 4. The summed E-state index contributed by atoms with van der Waals surface area (Å²) in [4.78, 5) is 12.0. The monoisotopic (exact) mass is 402 g/mol. The van der Waals surface area contributed by atoms with Gasteiger partial charge in [-0.15, -0.1) is 0 Å². The number of rotatable bonds is 5. The van der Waals surface area contributed by atoms with Crippen molar-refractivity contribution in [3.63, 3.8) is 0 Å². The lowest BCUT2D eigenvalue weighted by atomic mass is 10.1. The second-order valence-corrected chi connectivity index (χ2v) is 7.69. The molecule has 2 aromatic carbocycles. The van der Waals surface area contributed by atoms with E-state index in [1.165, 1.54) is 12.1 Å². The Balaban J connectivity index is 2.15. The molecule has 9 heteroatoms. The predicted octanol–water partition coefficient (Wildman–Crippen LogP) is 3.28. The molecule has 3 N–H and O–H groups in total. The molecule has 134 valence electrons. The van der Waals surface area contributed by atoms with Crippen LogP contribution in [-0.2, 0) is 14.8 Å². The number of hydrogen-bond donors (Lipinski definition) is 2. The predicted molar refractivity (Wildman–Crippen MR) is 97.9 cm³/mol. The fourth-order valence-electron chi connectivity index (χ4n) is 2.05. The van der Waals surface area contributed by atoms with Crippen LogP contribution in [0.5, 0.6) is 5.75 Å². The van der Waals surface area contributed by atoms with Gasteiger partial charge in [-0.05, 0) is 49.2 Å². The molecule has 0 unspecified atom stereocenters. The van der Waals surface area contributed by atoms with Gasteiger partial charge in [0.1, 0.15) is 10.8 Å². The molecule has 0 aliphatic heterocycles. The third-order valence-electron chi connectivity index (χ3n) is 3.52. The highest BCUT2D eigenvalue weighted by Gasteiger charge is 2.15. The molecule has 6 nitrogen and oxygen atoms in total. The van der Waals surface area contributed by atoms with Crippen LogP contribution in [-0.4, -0.2) is 20.9 Å². The van der Waals surface area contributed by atoms with Gasteiger partial charge in [0, 0.05) is 5.69 Å². The summed E-state index contributed by atoms with van der Waals surface area (Å²) in [5.74, 6) is -0.208. The van der Waals surface area contributed by atoms with Crippen molar-refractivity contribution in [1.82, 2.24) is 0 Å². The summed E-state index contributed by atoms with van der Waals surface area (Å²) in [5.41, 5.74) is 1.75. The molecule has 0 saturated carbocycles. The zero-order valence-electron chi connectivity index (χ0n) is 13.5. The molecular weight excluding hydrogens is 387 g/mol. The lowest BCUT2D eigenvalue weighted by Gasteiger charge is -2.13. The average Bonchev–Trinajstić information content (AvgIpc) is 2.52. The minimum atomic E-state index is -3.88. The molecule has 0 bridgehead atoms. The molecule has 0 aliphatic carbocycles. The van der Waals surface area contributed by atoms with Crippen molar-refractivity contribution in [3.8, 4) is 5.75 Å². The van der Waals surface area contributed by atoms with Crippen LogP contribution in [0, 0.1) is 13.8 Å². The molecule has 25 heavy (non-hydrogen) atoms. The number of primary sulfonamides is 1. The summed E-state index contributed by atoms with van der Waals surface area (Å²) in [5, 5.41) is 8.28. The van der Waals surface area contributed by atoms with Gasteiger partial charge in [-0.1, -0.05) is 29.3 Å². The summed E-state index contributed by atoms with van der Waals surface area (Å²) in [6, 6.07) is 7.58. The Morgan fingerprint density at radius 2 is 1.92 bits per heavy atom. The Bertz CT molecular complexity index is 930. The summed E-state index contributed by atoms with van der Waals surface area (Å²) < 4.78 is 28.4. The molecule has 0 aliphatic rings. The Labute approximate surface area is 155 Å². The molecule has 0 atom stereocenters. The average molecular weight is 403 g/mol. The highest BCUT2D eigenvalue weighted by molar-refractivity contribution is 7.89. The van der Waals surface area contributed by atoms with Crippen LogP contribution in [0.3, 0.4) is 0 Å². The summed E-state index contributed by atoms with van der Waals surface area (Å²) in [7, 11) is -3.88. The second kappa shape index (κ2) is 7.61.